The summed E-state index contributed by atoms with van der Waals surface area (Å²) in [7, 11) is 0. The van der Waals surface area contributed by atoms with Crippen LogP contribution in [0.4, 0.5) is 4.39 Å². The fraction of sp³-hybridized carbons (Fsp3) is 0.188. The van der Waals surface area contributed by atoms with E-state index in [0.717, 1.165) is 5.56 Å². The van der Waals surface area contributed by atoms with Crippen molar-refractivity contribution in [2.75, 3.05) is 13.2 Å². The Balaban J connectivity index is 1.85. The maximum absolute atomic E-state index is 12.9. The van der Waals surface area contributed by atoms with Crippen LogP contribution in [0.2, 0.25) is 0 Å². The Morgan fingerprint density at radius 1 is 1.10 bits per heavy atom. The zero-order valence-corrected chi connectivity index (χ0v) is 10.8. The number of halogens is 1. The van der Waals surface area contributed by atoms with Crippen molar-refractivity contribution >= 4 is 5.91 Å². The summed E-state index contributed by atoms with van der Waals surface area (Å²) in [6, 6.07) is 15.2. The third-order valence-corrected chi connectivity index (χ3v) is 3.33. The predicted molar refractivity (Wildman–Crippen MR) is 72.6 cm³/mol. The molecule has 1 saturated heterocycles. The summed E-state index contributed by atoms with van der Waals surface area (Å²) in [6.45, 7) is 1.04. The third-order valence-electron chi connectivity index (χ3n) is 3.33. The van der Waals surface area contributed by atoms with Gasteiger partial charge in [-0.3, -0.25) is 4.79 Å². The maximum Gasteiger partial charge on any atom is 0.256 e. The van der Waals surface area contributed by atoms with Crippen molar-refractivity contribution in [3.05, 3.63) is 71.5 Å². The molecule has 0 spiro atoms. The van der Waals surface area contributed by atoms with Crippen LogP contribution in [0.1, 0.15) is 22.1 Å². The van der Waals surface area contributed by atoms with Crippen molar-refractivity contribution < 1.29 is 13.9 Å². The minimum atomic E-state index is -0.367. The van der Waals surface area contributed by atoms with Gasteiger partial charge in [0.2, 0.25) is 0 Å². The van der Waals surface area contributed by atoms with Gasteiger partial charge in [-0.25, -0.2) is 4.39 Å². The molecule has 0 saturated carbocycles. The number of nitrogens with zero attached hydrogens (tertiary/aromatic N) is 1. The SMILES string of the molecule is O=C(c1ccc(F)cc1)N1CCOC1c1ccccc1. The molecule has 2 aromatic rings. The van der Waals surface area contributed by atoms with E-state index >= 15 is 0 Å². The number of amides is 1. The minimum Gasteiger partial charge on any atom is -0.352 e. The monoisotopic (exact) mass is 271 g/mol. The van der Waals surface area contributed by atoms with Crippen molar-refractivity contribution in [3.63, 3.8) is 0 Å². The molecular formula is C16H14FNO2. The second-order valence-electron chi connectivity index (χ2n) is 4.64. The van der Waals surface area contributed by atoms with Crippen LogP contribution in [-0.4, -0.2) is 24.0 Å². The molecule has 1 fully saturated rings. The molecule has 1 amide bonds. The molecule has 3 rings (SSSR count). The molecular weight excluding hydrogens is 257 g/mol. The smallest absolute Gasteiger partial charge is 0.256 e. The zero-order chi connectivity index (χ0) is 13.9. The first kappa shape index (κ1) is 12.8. The molecule has 1 unspecified atom stereocenters. The van der Waals surface area contributed by atoms with Crippen LogP contribution in [0.15, 0.2) is 54.6 Å². The summed E-state index contributed by atoms with van der Waals surface area (Å²) in [6.07, 6.45) is -0.367. The van der Waals surface area contributed by atoms with Crippen LogP contribution in [-0.2, 0) is 4.74 Å². The highest BCUT2D eigenvalue weighted by Crippen LogP contribution is 2.28. The summed E-state index contributed by atoms with van der Waals surface area (Å²) < 4.78 is 18.6. The van der Waals surface area contributed by atoms with E-state index in [-0.39, 0.29) is 18.0 Å². The molecule has 0 N–H and O–H groups in total. The third kappa shape index (κ3) is 2.42. The van der Waals surface area contributed by atoms with E-state index in [1.807, 2.05) is 30.3 Å². The molecule has 0 aliphatic carbocycles. The lowest BCUT2D eigenvalue weighted by atomic mass is 10.1. The first-order valence-corrected chi connectivity index (χ1v) is 6.49. The summed E-state index contributed by atoms with van der Waals surface area (Å²) in [5, 5.41) is 0. The van der Waals surface area contributed by atoms with Gasteiger partial charge in [0.1, 0.15) is 5.82 Å². The maximum atomic E-state index is 12.9. The fourth-order valence-corrected chi connectivity index (χ4v) is 2.33. The topological polar surface area (TPSA) is 29.5 Å². The van der Waals surface area contributed by atoms with Gasteiger partial charge in [-0.1, -0.05) is 30.3 Å². The van der Waals surface area contributed by atoms with Crippen LogP contribution in [0, 0.1) is 5.82 Å². The number of carbonyl (C=O) groups excluding carboxylic acids is 1. The normalized spacial score (nSPS) is 18.2. The highest BCUT2D eigenvalue weighted by atomic mass is 19.1. The minimum absolute atomic E-state index is 0.142. The summed E-state index contributed by atoms with van der Waals surface area (Å²) in [4.78, 5) is 14.1. The summed E-state index contributed by atoms with van der Waals surface area (Å²) >= 11 is 0. The molecule has 0 bridgehead atoms. The molecule has 20 heavy (non-hydrogen) atoms. The second-order valence-corrected chi connectivity index (χ2v) is 4.64. The van der Waals surface area contributed by atoms with E-state index in [2.05, 4.69) is 0 Å². The van der Waals surface area contributed by atoms with Crippen LogP contribution >= 0.6 is 0 Å². The lowest BCUT2D eigenvalue weighted by Gasteiger charge is -2.23. The van der Waals surface area contributed by atoms with Crippen LogP contribution in [0.5, 0.6) is 0 Å². The van der Waals surface area contributed by atoms with E-state index in [1.54, 1.807) is 4.90 Å². The van der Waals surface area contributed by atoms with Gasteiger partial charge in [0.15, 0.2) is 6.23 Å². The van der Waals surface area contributed by atoms with Gasteiger partial charge in [0.05, 0.1) is 6.61 Å². The number of hydrogen-bond acceptors (Lipinski definition) is 2. The summed E-state index contributed by atoms with van der Waals surface area (Å²) in [5.41, 5.74) is 1.42. The Morgan fingerprint density at radius 2 is 1.80 bits per heavy atom. The Hall–Kier alpha value is -2.20. The van der Waals surface area contributed by atoms with Crippen LogP contribution < -0.4 is 0 Å². The quantitative estimate of drug-likeness (QED) is 0.840. The van der Waals surface area contributed by atoms with Crippen molar-refractivity contribution in [3.8, 4) is 0 Å². The fourth-order valence-electron chi connectivity index (χ4n) is 2.33. The first-order chi connectivity index (χ1) is 9.75. The molecule has 3 nitrogen and oxygen atoms in total. The zero-order valence-electron chi connectivity index (χ0n) is 10.8. The van der Waals surface area contributed by atoms with Crippen molar-refractivity contribution in [2.24, 2.45) is 0 Å². The Morgan fingerprint density at radius 3 is 2.50 bits per heavy atom. The molecule has 0 aromatic heterocycles. The largest absolute Gasteiger partial charge is 0.352 e. The molecule has 1 aliphatic rings. The molecule has 1 heterocycles. The molecule has 1 aliphatic heterocycles. The van der Waals surface area contributed by atoms with Gasteiger partial charge in [-0.15, -0.1) is 0 Å². The van der Waals surface area contributed by atoms with E-state index in [9.17, 15) is 9.18 Å². The molecule has 2 aromatic carbocycles. The number of benzene rings is 2. The first-order valence-electron chi connectivity index (χ1n) is 6.49. The van der Waals surface area contributed by atoms with Gasteiger partial charge in [-0.2, -0.15) is 0 Å². The van der Waals surface area contributed by atoms with Crippen molar-refractivity contribution in [1.82, 2.24) is 4.90 Å². The molecule has 0 radical (unpaired) electrons. The van der Waals surface area contributed by atoms with E-state index in [1.165, 1.54) is 24.3 Å². The molecule has 102 valence electrons. The Kier molecular flexibility index (Phi) is 3.48. The van der Waals surface area contributed by atoms with E-state index in [4.69, 9.17) is 4.74 Å². The second kappa shape index (κ2) is 5.43. The van der Waals surface area contributed by atoms with Crippen molar-refractivity contribution in [2.45, 2.75) is 6.23 Å². The predicted octanol–water partition coefficient (Wildman–Crippen LogP) is 3.00. The average molecular weight is 271 g/mol. The number of ether oxygens (including phenoxy) is 1. The van der Waals surface area contributed by atoms with Gasteiger partial charge >= 0.3 is 0 Å². The van der Waals surface area contributed by atoms with Crippen LogP contribution in [0.25, 0.3) is 0 Å². The summed E-state index contributed by atoms with van der Waals surface area (Å²) in [5.74, 6) is -0.491. The lowest BCUT2D eigenvalue weighted by molar-refractivity contribution is 0.0272. The Bertz CT molecular complexity index is 598. The van der Waals surface area contributed by atoms with Gasteiger partial charge < -0.3 is 9.64 Å². The van der Waals surface area contributed by atoms with E-state index in [0.29, 0.717) is 18.7 Å². The molecule has 4 heteroatoms. The van der Waals surface area contributed by atoms with Gasteiger partial charge in [0, 0.05) is 17.7 Å². The Labute approximate surface area is 116 Å². The van der Waals surface area contributed by atoms with Gasteiger partial charge in [-0.05, 0) is 24.3 Å². The number of rotatable bonds is 2. The molecule has 1 atom stereocenters. The highest BCUT2D eigenvalue weighted by Gasteiger charge is 2.31. The standard InChI is InChI=1S/C16H14FNO2/c17-14-8-6-12(7-9-14)15(19)18-10-11-20-16(18)13-4-2-1-3-5-13/h1-9,16H,10-11H2. The average Bonchev–Trinajstić information content (AvgIpc) is 2.97. The van der Waals surface area contributed by atoms with Crippen LogP contribution in [0.3, 0.4) is 0 Å². The van der Waals surface area contributed by atoms with Gasteiger partial charge in [0.25, 0.3) is 5.91 Å². The number of hydrogen-bond donors (Lipinski definition) is 0. The number of carbonyl (C=O) groups is 1. The highest BCUT2D eigenvalue weighted by molar-refractivity contribution is 5.94. The van der Waals surface area contributed by atoms with Crippen molar-refractivity contribution in [1.29, 1.82) is 0 Å². The lowest BCUT2D eigenvalue weighted by Crippen LogP contribution is -2.31. The van der Waals surface area contributed by atoms with E-state index < -0.39 is 0 Å².